The molecule has 0 atom stereocenters. The van der Waals surface area contributed by atoms with Crippen molar-refractivity contribution in [3.05, 3.63) is 28.8 Å². The molecule has 0 aliphatic carbocycles. The molecule has 2 rings (SSSR count). The van der Waals surface area contributed by atoms with Crippen LogP contribution in [0.5, 0.6) is 5.75 Å². The van der Waals surface area contributed by atoms with Gasteiger partial charge in [0, 0.05) is 37.3 Å². The van der Waals surface area contributed by atoms with E-state index in [1.807, 2.05) is 51.7 Å². The molecule has 144 valence electrons. The van der Waals surface area contributed by atoms with Gasteiger partial charge in [0.1, 0.15) is 5.75 Å². The zero-order valence-corrected chi connectivity index (χ0v) is 16.8. The van der Waals surface area contributed by atoms with Gasteiger partial charge in [-0.1, -0.05) is 0 Å². The van der Waals surface area contributed by atoms with Crippen LogP contribution in [0.3, 0.4) is 0 Å². The maximum atomic E-state index is 13.0. The van der Waals surface area contributed by atoms with E-state index in [-0.39, 0.29) is 17.5 Å². The van der Waals surface area contributed by atoms with E-state index in [2.05, 4.69) is 5.32 Å². The summed E-state index contributed by atoms with van der Waals surface area (Å²) < 4.78 is 5.33. The summed E-state index contributed by atoms with van der Waals surface area (Å²) in [6.07, 6.45) is 0.775. The molecular formula is C20H31N3O3. The Balaban J connectivity index is 2.08. The second-order valence-corrected chi connectivity index (χ2v) is 7.88. The summed E-state index contributed by atoms with van der Waals surface area (Å²) in [5.74, 6) is 0.811. The topological polar surface area (TPSA) is 61.9 Å². The van der Waals surface area contributed by atoms with Gasteiger partial charge in [-0.2, -0.15) is 0 Å². The Kier molecular flexibility index (Phi) is 6.16. The fourth-order valence-corrected chi connectivity index (χ4v) is 3.14. The Morgan fingerprint density at radius 2 is 1.62 bits per heavy atom. The van der Waals surface area contributed by atoms with E-state index < -0.39 is 0 Å². The average Bonchev–Trinajstić information content (AvgIpc) is 2.81. The smallest absolute Gasteiger partial charge is 0.317 e. The molecule has 1 aromatic carbocycles. The van der Waals surface area contributed by atoms with E-state index >= 15 is 0 Å². The molecule has 1 aliphatic rings. The number of methoxy groups -OCH3 is 1. The summed E-state index contributed by atoms with van der Waals surface area (Å²) >= 11 is 0. The molecule has 1 aromatic rings. The van der Waals surface area contributed by atoms with Crippen LogP contribution in [0.25, 0.3) is 0 Å². The highest BCUT2D eigenvalue weighted by molar-refractivity contribution is 5.96. The molecule has 1 N–H and O–H groups in total. The minimum absolute atomic E-state index is 0.0198. The molecule has 6 heteroatoms. The molecule has 0 saturated carbocycles. The van der Waals surface area contributed by atoms with Crippen molar-refractivity contribution in [3.8, 4) is 5.75 Å². The summed E-state index contributed by atoms with van der Waals surface area (Å²) in [6.45, 7) is 12.2. The zero-order valence-electron chi connectivity index (χ0n) is 16.8. The fourth-order valence-electron chi connectivity index (χ4n) is 3.14. The quantitative estimate of drug-likeness (QED) is 0.881. The van der Waals surface area contributed by atoms with E-state index in [1.54, 1.807) is 12.0 Å². The Morgan fingerprint density at radius 3 is 2.23 bits per heavy atom. The van der Waals surface area contributed by atoms with Crippen molar-refractivity contribution in [3.63, 3.8) is 0 Å². The van der Waals surface area contributed by atoms with Gasteiger partial charge < -0.3 is 19.9 Å². The first-order valence-corrected chi connectivity index (χ1v) is 9.14. The third-order valence-electron chi connectivity index (χ3n) is 4.74. The van der Waals surface area contributed by atoms with Crippen molar-refractivity contribution < 1.29 is 14.3 Å². The van der Waals surface area contributed by atoms with Crippen LogP contribution in [0.2, 0.25) is 0 Å². The van der Waals surface area contributed by atoms with Gasteiger partial charge in [-0.15, -0.1) is 0 Å². The number of carbonyl (C=O) groups excluding carboxylic acids is 2. The molecule has 0 radical (unpaired) electrons. The molecule has 1 saturated heterocycles. The minimum Gasteiger partial charge on any atom is -0.496 e. The number of rotatable bonds is 2. The second kappa shape index (κ2) is 7.98. The number of hydrogen-bond donors (Lipinski definition) is 1. The predicted octanol–water partition coefficient (Wildman–Crippen LogP) is 2.97. The lowest BCUT2D eigenvalue weighted by Crippen LogP contribution is -2.49. The first-order valence-electron chi connectivity index (χ1n) is 9.14. The van der Waals surface area contributed by atoms with Crippen LogP contribution in [0, 0.1) is 13.8 Å². The molecule has 0 spiro atoms. The lowest BCUT2D eigenvalue weighted by atomic mass is 10.0. The Hall–Kier alpha value is -2.24. The Morgan fingerprint density at radius 1 is 1.00 bits per heavy atom. The lowest BCUT2D eigenvalue weighted by molar-refractivity contribution is 0.0761. The number of urea groups is 1. The van der Waals surface area contributed by atoms with Crippen LogP contribution in [-0.4, -0.2) is 60.6 Å². The normalized spacial score (nSPS) is 15.5. The average molecular weight is 361 g/mol. The van der Waals surface area contributed by atoms with E-state index in [0.29, 0.717) is 31.7 Å². The predicted molar refractivity (Wildman–Crippen MR) is 103 cm³/mol. The van der Waals surface area contributed by atoms with Crippen LogP contribution in [0.1, 0.15) is 48.7 Å². The number of nitrogens with one attached hydrogen (secondary N) is 1. The van der Waals surface area contributed by atoms with Gasteiger partial charge in [0.05, 0.1) is 7.11 Å². The maximum absolute atomic E-state index is 13.0. The largest absolute Gasteiger partial charge is 0.496 e. The number of amides is 3. The highest BCUT2D eigenvalue weighted by Gasteiger charge is 2.26. The number of hydrogen-bond acceptors (Lipinski definition) is 3. The maximum Gasteiger partial charge on any atom is 0.317 e. The van der Waals surface area contributed by atoms with Gasteiger partial charge in [0.2, 0.25) is 0 Å². The molecule has 6 nitrogen and oxygen atoms in total. The van der Waals surface area contributed by atoms with Crippen molar-refractivity contribution in [2.75, 3.05) is 33.3 Å². The summed E-state index contributed by atoms with van der Waals surface area (Å²) in [7, 11) is 1.63. The van der Waals surface area contributed by atoms with Gasteiger partial charge in [0.25, 0.3) is 5.91 Å². The molecule has 0 aromatic heterocycles. The van der Waals surface area contributed by atoms with Gasteiger partial charge in [0.15, 0.2) is 0 Å². The summed E-state index contributed by atoms with van der Waals surface area (Å²) in [6, 6.07) is 3.61. The Labute approximate surface area is 156 Å². The molecule has 1 aliphatic heterocycles. The number of nitrogens with zero attached hydrogens (tertiary/aromatic N) is 2. The lowest BCUT2D eigenvalue weighted by Gasteiger charge is -2.27. The number of ether oxygens (including phenoxy) is 1. The minimum atomic E-state index is -0.267. The SMILES string of the molecule is COc1ccc(C(=O)N2CCCN(C(=O)NC(C)(C)C)CC2)c(C)c1C. The van der Waals surface area contributed by atoms with E-state index in [0.717, 1.165) is 23.3 Å². The number of carbonyl (C=O) groups is 2. The molecular weight excluding hydrogens is 330 g/mol. The highest BCUT2D eigenvalue weighted by atomic mass is 16.5. The van der Waals surface area contributed by atoms with Crippen molar-refractivity contribution in [2.45, 2.75) is 46.6 Å². The molecule has 1 heterocycles. The summed E-state index contributed by atoms with van der Waals surface area (Å²) in [5.41, 5.74) is 2.37. The van der Waals surface area contributed by atoms with Crippen molar-refractivity contribution in [1.29, 1.82) is 0 Å². The van der Waals surface area contributed by atoms with Crippen LogP contribution in [0.15, 0.2) is 12.1 Å². The highest BCUT2D eigenvalue weighted by Crippen LogP contribution is 2.25. The molecule has 1 fully saturated rings. The molecule has 0 unspecified atom stereocenters. The van der Waals surface area contributed by atoms with Crippen LogP contribution >= 0.6 is 0 Å². The van der Waals surface area contributed by atoms with Gasteiger partial charge >= 0.3 is 6.03 Å². The van der Waals surface area contributed by atoms with Crippen LogP contribution < -0.4 is 10.1 Å². The standard InChI is InChI=1S/C20H31N3O3/c1-14-15(2)17(26-6)9-8-16(14)18(24)22-10-7-11-23(13-12-22)19(25)21-20(3,4)5/h8-9H,7,10-13H2,1-6H3,(H,21,25). The van der Waals surface area contributed by atoms with Gasteiger partial charge in [-0.25, -0.2) is 4.79 Å². The molecule has 3 amide bonds. The first kappa shape index (κ1) is 20.1. The molecule has 26 heavy (non-hydrogen) atoms. The van der Waals surface area contributed by atoms with E-state index in [9.17, 15) is 9.59 Å². The first-order chi connectivity index (χ1) is 12.1. The second-order valence-electron chi connectivity index (χ2n) is 7.88. The van der Waals surface area contributed by atoms with E-state index in [1.165, 1.54) is 0 Å². The Bertz CT molecular complexity index is 680. The van der Waals surface area contributed by atoms with Crippen LogP contribution in [-0.2, 0) is 0 Å². The monoisotopic (exact) mass is 361 g/mol. The van der Waals surface area contributed by atoms with Crippen molar-refractivity contribution in [2.24, 2.45) is 0 Å². The third-order valence-corrected chi connectivity index (χ3v) is 4.74. The fraction of sp³-hybridized carbons (Fsp3) is 0.600. The van der Waals surface area contributed by atoms with Gasteiger partial charge in [-0.05, 0) is 64.3 Å². The molecule has 0 bridgehead atoms. The van der Waals surface area contributed by atoms with Gasteiger partial charge in [-0.3, -0.25) is 4.79 Å². The zero-order chi connectivity index (χ0) is 19.5. The third kappa shape index (κ3) is 4.68. The van der Waals surface area contributed by atoms with E-state index in [4.69, 9.17) is 4.74 Å². The van der Waals surface area contributed by atoms with Crippen molar-refractivity contribution >= 4 is 11.9 Å². The summed E-state index contributed by atoms with van der Waals surface area (Å²) in [5, 5.41) is 2.99. The summed E-state index contributed by atoms with van der Waals surface area (Å²) in [4.78, 5) is 29.0. The van der Waals surface area contributed by atoms with Crippen molar-refractivity contribution in [1.82, 2.24) is 15.1 Å². The van der Waals surface area contributed by atoms with Crippen LogP contribution in [0.4, 0.5) is 4.79 Å². The number of benzene rings is 1.